The van der Waals surface area contributed by atoms with Gasteiger partial charge in [0.1, 0.15) is 48.8 Å². The molecule has 478 valence electrons. The van der Waals surface area contributed by atoms with E-state index in [0.29, 0.717) is 12.8 Å². The highest BCUT2D eigenvalue weighted by Crippen LogP contribution is 2.30. The molecule has 14 heteroatoms. The summed E-state index contributed by atoms with van der Waals surface area (Å²) in [5.41, 5.74) is 0. The maximum atomic E-state index is 13.3. The van der Waals surface area contributed by atoms with Crippen molar-refractivity contribution in [3.63, 3.8) is 0 Å². The van der Waals surface area contributed by atoms with E-state index in [2.05, 4.69) is 67.8 Å². The summed E-state index contributed by atoms with van der Waals surface area (Å²) in [6, 6.07) is -0.933. The number of unbranched alkanes of at least 4 members (excludes halogenated alkanes) is 33. The van der Waals surface area contributed by atoms with Crippen LogP contribution in [0.25, 0.3) is 0 Å². The molecule has 2 heterocycles. The van der Waals surface area contributed by atoms with Crippen molar-refractivity contribution in [2.45, 2.75) is 344 Å². The Morgan fingerprint density at radius 2 is 0.817 bits per heavy atom. The Kier molecular flexibility index (Phi) is 49.0. The van der Waals surface area contributed by atoms with Gasteiger partial charge in [0.2, 0.25) is 5.91 Å². The van der Waals surface area contributed by atoms with Crippen molar-refractivity contribution in [1.29, 1.82) is 0 Å². The summed E-state index contributed by atoms with van der Waals surface area (Å²) in [4.78, 5) is 13.3. The number of rotatable bonds is 54. The molecule has 2 fully saturated rings. The molecule has 2 rings (SSSR count). The van der Waals surface area contributed by atoms with Crippen LogP contribution in [0.4, 0.5) is 0 Å². The second-order valence-electron chi connectivity index (χ2n) is 23.6. The van der Waals surface area contributed by atoms with E-state index in [-0.39, 0.29) is 18.9 Å². The molecule has 0 spiro atoms. The monoisotopic (exact) mass is 1160 g/mol. The molecule has 0 radical (unpaired) electrons. The average molecular weight is 1160 g/mol. The van der Waals surface area contributed by atoms with Crippen LogP contribution in [0.5, 0.6) is 0 Å². The highest BCUT2D eigenvalue weighted by molar-refractivity contribution is 5.76. The average Bonchev–Trinajstić information content (AvgIpc) is 3.52. The van der Waals surface area contributed by atoms with Crippen molar-refractivity contribution in [3.8, 4) is 0 Å². The summed E-state index contributed by atoms with van der Waals surface area (Å²) in [5, 5.41) is 87.2. The van der Waals surface area contributed by atoms with Crippen LogP contribution >= 0.6 is 0 Å². The Morgan fingerprint density at radius 1 is 0.439 bits per heavy atom. The van der Waals surface area contributed by atoms with Crippen LogP contribution in [-0.4, -0.2) is 140 Å². The number of aliphatic hydroxyl groups is 8. The quantitative estimate of drug-likeness (QED) is 0.0204. The largest absolute Gasteiger partial charge is 0.394 e. The molecule has 0 saturated carbocycles. The minimum absolute atomic E-state index is 0.248. The maximum absolute atomic E-state index is 13.3. The van der Waals surface area contributed by atoms with Gasteiger partial charge in [0.25, 0.3) is 0 Å². The summed E-state index contributed by atoms with van der Waals surface area (Å²) in [5.74, 6) is -0.248. The van der Waals surface area contributed by atoms with Crippen molar-refractivity contribution in [1.82, 2.24) is 5.32 Å². The van der Waals surface area contributed by atoms with Gasteiger partial charge in [-0.3, -0.25) is 4.79 Å². The number of ether oxygens (including phenoxy) is 4. The van der Waals surface area contributed by atoms with Gasteiger partial charge >= 0.3 is 0 Å². The van der Waals surface area contributed by atoms with E-state index >= 15 is 0 Å². The van der Waals surface area contributed by atoms with Crippen molar-refractivity contribution >= 4 is 5.91 Å². The zero-order valence-corrected chi connectivity index (χ0v) is 51.7. The molecule has 0 aromatic heterocycles. The van der Waals surface area contributed by atoms with Crippen LogP contribution in [0.2, 0.25) is 0 Å². The molecule has 0 aromatic carbocycles. The van der Waals surface area contributed by atoms with Gasteiger partial charge in [-0.15, -0.1) is 0 Å². The van der Waals surface area contributed by atoms with E-state index in [4.69, 9.17) is 18.9 Å². The Hall–Kier alpha value is -2.31. The van der Waals surface area contributed by atoms with Crippen LogP contribution in [0.1, 0.15) is 271 Å². The van der Waals surface area contributed by atoms with Crippen LogP contribution < -0.4 is 5.32 Å². The molecule has 14 nitrogen and oxygen atoms in total. The van der Waals surface area contributed by atoms with Gasteiger partial charge in [-0.05, 0) is 70.6 Å². The van der Waals surface area contributed by atoms with E-state index < -0.39 is 86.8 Å². The van der Waals surface area contributed by atoms with Crippen LogP contribution in [0.3, 0.4) is 0 Å². The molecule has 2 saturated heterocycles. The fourth-order valence-electron chi connectivity index (χ4n) is 10.8. The summed E-state index contributed by atoms with van der Waals surface area (Å²) in [7, 11) is 0. The second-order valence-corrected chi connectivity index (χ2v) is 23.6. The molecule has 1 amide bonds. The van der Waals surface area contributed by atoms with Gasteiger partial charge < -0.3 is 65.1 Å². The second kappa shape index (κ2) is 53.0. The Balaban J connectivity index is 1.68. The van der Waals surface area contributed by atoms with Crippen LogP contribution in [-0.2, 0) is 23.7 Å². The number of hydrogen-bond acceptors (Lipinski definition) is 13. The smallest absolute Gasteiger partial charge is 0.220 e. The first kappa shape index (κ1) is 75.8. The van der Waals surface area contributed by atoms with Gasteiger partial charge in [0.15, 0.2) is 12.6 Å². The molecule has 82 heavy (non-hydrogen) atoms. The van der Waals surface area contributed by atoms with Crippen molar-refractivity contribution in [2.75, 3.05) is 19.8 Å². The standard InChI is InChI=1S/C68H123NO13/c1-3-5-7-9-11-13-15-17-19-21-22-23-24-25-26-27-28-29-30-31-32-33-34-36-38-40-42-44-46-48-50-52-60(73)69-56(57(72)51-49-47-45-43-41-39-37-35-20-18-16-14-12-10-8-6-4-2)55-79-67-65(78)63(76)66(59(54-71)81-67)82-68-64(77)62(75)61(74)58(53-70)80-68/h15,17,21-22,24-25,41,43,49,51,56-59,61-68,70-72,74-78H,3-14,16,18-20,23,26-40,42,44-48,50,52-55H2,1-2H3,(H,69,73)/b17-15-,22-21-,25-24-,43-41+,51-49+. The van der Waals surface area contributed by atoms with Crippen molar-refractivity contribution in [2.24, 2.45) is 0 Å². The van der Waals surface area contributed by atoms with Gasteiger partial charge in [0, 0.05) is 6.42 Å². The summed E-state index contributed by atoms with van der Waals surface area (Å²) in [6.45, 7) is 2.79. The Bertz CT molecular complexity index is 1610. The normalized spacial score (nSPS) is 24.3. The summed E-state index contributed by atoms with van der Waals surface area (Å²) >= 11 is 0. The molecular weight excluding hydrogens is 1040 g/mol. The molecule has 2 aliphatic rings. The lowest BCUT2D eigenvalue weighted by Gasteiger charge is -2.46. The van der Waals surface area contributed by atoms with Gasteiger partial charge in [-0.1, -0.05) is 254 Å². The number of aliphatic hydroxyl groups excluding tert-OH is 8. The summed E-state index contributed by atoms with van der Waals surface area (Å²) < 4.78 is 22.8. The van der Waals surface area contributed by atoms with E-state index in [1.54, 1.807) is 6.08 Å². The van der Waals surface area contributed by atoms with E-state index in [0.717, 1.165) is 44.9 Å². The first-order valence-corrected chi connectivity index (χ1v) is 33.5. The molecule has 0 aromatic rings. The number of carbonyl (C=O) groups excluding carboxylic acids is 1. The first-order valence-electron chi connectivity index (χ1n) is 33.5. The maximum Gasteiger partial charge on any atom is 0.220 e. The number of hydrogen-bond donors (Lipinski definition) is 9. The lowest BCUT2D eigenvalue weighted by Crippen LogP contribution is -2.65. The lowest BCUT2D eigenvalue weighted by molar-refractivity contribution is -0.359. The third-order valence-electron chi connectivity index (χ3n) is 16.2. The van der Waals surface area contributed by atoms with E-state index in [9.17, 15) is 45.6 Å². The minimum Gasteiger partial charge on any atom is -0.394 e. The van der Waals surface area contributed by atoms with E-state index in [1.807, 2.05) is 6.08 Å². The van der Waals surface area contributed by atoms with Crippen molar-refractivity contribution < 1.29 is 64.6 Å². The third-order valence-corrected chi connectivity index (χ3v) is 16.2. The molecule has 0 bridgehead atoms. The summed E-state index contributed by atoms with van der Waals surface area (Å²) in [6.07, 6.45) is 52.7. The van der Waals surface area contributed by atoms with Crippen LogP contribution in [0, 0.1) is 0 Å². The predicted molar refractivity (Wildman–Crippen MR) is 332 cm³/mol. The number of nitrogens with one attached hydrogen (secondary N) is 1. The molecule has 12 unspecified atom stereocenters. The SMILES string of the molecule is CCCCCCC/C=C\C/C=C\C/C=C\CCCCCCCCCCCCCCCCCCC(=O)NC(COC1OC(CO)C(OC2OC(CO)C(O)C(O)C2O)C(O)C1O)C(O)/C=C/CC/C=C/CCCCCCCCCCCCC. The lowest BCUT2D eigenvalue weighted by atomic mass is 9.97. The predicted octanol–water partition coefficient (Wildman–Crippen LogP) is 12.9. The highest BCUT2D eigenvalue weighted by Gasteiger charge is 2.51. The zero-order valence-electron chi connectivity index (χ0n) is 51.7. The molecule has 2 aliphatic heterocycles. The number of amides is 1. The number of allylic oxidation sites excluding steroid dienone is 9. The fraction of sp³-hybridized carbons (Fsp3) is 0.838. The highest BCUT2D eigenvalue weighted by atomic mass is 16.7. The third kappa shape index (κ3) is 37.3. The minimum atomic E-state index is -1.79. The molecular formula is C68H123NO13. The molecule has 0 aliphatic carbocycles. The van der Waals surface area contributed by atoms with Crippen LogP contribution in [0.15, 0.2) is 60.8 Å². The Labute approximate surface area is 498 Å². The first-order chi connectivity index (χ1) is 40.1. The van der Waals surface area contributed by atoms with Crippen molar-refractivity contribution in [3.05, 3.63) is 60.8 Å². The number of carbonyl (C=O) groups is 1. The topological polar surface area (TPSA) is 228 Å². The van der Waals surface area contributed by atoms with Gasteiger partial charge in [-0.2, -0.15) is 0 Å². The Morgan fingerprint density at radius 3 is 1.28 bits per heavy atom. The van der Waals surface area contributed by atoms with Gasteiger partial charge in [0.05, 0.1) is 32.0 Å². The molecule has 9 N–H and O–H groups in total. The fourth-order valence-corrected chi connectivity index (χ4v) is 10.8. The molecule has 12 atom stereocenters. The van der Waals surface area contributed by atoms with E-state index in [1.165, 1.54) is 193 Å². The zero-order chi connectivity index (χ0) is 59.5. The van der Waals surface area contributed by atoms with Gasteiger partial charge in [-0.25, -0.2) is 0 Å².